The molecular weight excluding hydrogens is 400 g/mol. The topological polar surface area (TPSA) is 86.3 Å². The number of para-hydroxylation sites is 1. The summed E-state index contributed by atoms with van der Waals surface area (Å²) in [4.78, 5) is 27.1. The number of nitrogens with zero attached hydrogens (tertiary/aromatic N) is 1. The van der Waals surface area contributed by atoms with E-state index in [1.165, 1.54) is 27.4 Å². The maximum absolute atomic E-state index is 12.8. The van der Waals surface area contributed by atoms with E-state index < -0.39 is 0 Å². The lowest BCUT2D eigenvalue weighted by molar-refractivity contribution is -0.111. The van der Waals surface area contributed by atoms with Crippen molar-refractivity contribution >= 4 is 23.6 Å². The number of carbonyl (C=O) groups is 2. The number of ether oxygens (including phenoxy) is 4. The molecule has 0 bridgehead atoms. The third-order valence-corrected chi connectivity index (χ3v) is 4.83. The highest BCUT2D eigenvalue weighted by Gasteiger charge is 2.21. The van der Waals surface area contributed by atoms with E-state index in [1.807, 2.05) is 0 Å². The largest absolute Gasteiger partial charge is 0.493 e. The lowest BCUT2D eigenvalue weighted by Crippen LogP contribution is -2.41. The molecule has 1 aliphatic heterocycles. The van der Waals surface area contributed by atoms with Gasteiger partial charge in [-0.05, 0) is 35.9 Å². The van der Waals surface area contributed by atoms with Crippen LogP contribution in [-0.4, -0.2) is 64.3 Å². The van der Waals surface area contributed by atoms with Gasteiger partial charge in [0.15, 0.2) is 11.5 Å². The summed E-state index contributed by atoms with van der Waals surface area (Å²) in [5.74, 6) is 0.956. The van der Waals surface area contributed by atoms with E-state index in [2.05, 4.69) is 5.32 Å². The van der Waals surface area contributed by atoms with Gasteiger partial charge >= 0.3 is 0 Å². The van der Waals surface area contributed by atoms with Crippen LogP contribution in [0.1, 0.15) is 15.9 Å². The fraction of sp³-hybridized carbons (Fsp3) is 0.304. The Bertz CT molecular complexity index is 941. The standard InChI is InChI=1S/C23H26N2O6/c1-28-19-14-16(15-20(29-2)22(19)30-3)8-9-21(26)24-18-7-5-4-6-17(18)23(27)25-10-12-31-13-11-25/h4-9,14-15H,10-13H2,1-3H3,(H,24,26)/b9-8+. The van der Waals surface area contributed by atoms with E-state index >= 15 is 0 Å². The first-order chi connectivity index (χ1) is 15.1. The van der Waals surface area contributed by atoms with Crippen LogP contribution < -0.4 is 19.5 Å². The van der Waals surface area contributed by atoms with Crippen molar-refractivity contribution in [1.29, 1.82) is 0 Å². The lowest BCUT2D eigenvalue weighted by atomic mass is 10.1. The summed E-state index contributed by atoms with van der Waals surface area (Å²) in [5, 5.41) is 2.79. The van der Waals surface area contributed by atoms with Crippen LogP contribution in [0.25, 0.3) is 6.08 Å². The van der Waals surface area contributed by atoms with Gasteiger partial charge in [-0.25, -0.2) is 0 Å². The van der Waals surface area contributed by atoms with Crippen molar-refractivity contribution < 1.29 is 28.5 Å². The molecule has 8 heteroatoms. The van der Waals surface area contributed by atoms with E-state index in [4.69, 9.17) is 18.9 Å². The van der Waals surface area contributed by atoms with E-state index in [0.29, 0.717) is 60.4 Å². The van der Waals surface area contributed by atoms with Crippen molar-refractivity contribution in [2.75, 3.05) is 52.9 Å². The minimum absolute atomic E-state index is 0.132. The molecule has 164 valence electrons. The Balaban J connectivity index is 1.76. The zero-order chi connectivity index (χ0) is 22.2. The summed E-state index contributed by atoms with van der Waals surface area (Å²) >= 11 is 0. The number of amides is 2. The number of methoxy groups -OCH3 is 3. The first-order valence-electron chi connectivity index (χ1n) is 9.82. The fourth-order valence-electron chi connectivity index (χ4n) is 3.26. The van der Waals surface area contributed by atoms with Crippen LogP contribution in [0, 0.1) is 0 Å². The number of morpholine rings is 1. The van der Waals surface area contributed by atoms with E-state index in [9.17, 15) is 9.59 Å². The Morgan fingerprint density at radius 3 is 2.26 bits per heavy atom. The molecule has 0 aromatic heterocycles. The quantitative estimate of drug-likeness (QED) is 0.686. The van der Waals surface area contributed by atoms with Gasteiger partial charge in [0.2, 0.25) is 11.7 Å². The predicted octanol–water partition coefficient (Wildman–Crippen LogP) is 2.84. The third-order valence-electron chi connectivity index (χ3n) is 4.83. The fourth-order valence-corrected chi connectivity index (χ4v) is 3.26. The smallest absolute Gasteiger partial charge is 0.256 e. The van der Waals surface area contributed by atoms with Crippen molar-refractivity contribution in [1.82, 2.24) is 4.90 Å². The molecule has 3 rings (SSSR count). The van der Waals surface area contributed by atoms with Crippen LogP contribution in [0.2, 0.25) is 0 Å². The molecule has 2 aromatic carbocycles. The van der Waals surface area contributed by atoms with Gasteiger partial charge < -0.3 is 29.2 Å². The molecule has 8 nitrogen and oxygen atoms in total. The maximum atomic E-state index is 12.8. The normalized spacial score (nSPS) is 13.7. The summed E-state index contributed by atoms with van der Waals surface area (Å²) in [6.45, 7) is 2.08. The summed E-state index contributed by atoms with van der Waals surface area (Å²) < 4.78 is 21.3. The highest BCUT2D eigenvalue weighted by atomic mass is 16.5. The van der Waals surface area contributed by atoms with Crippen LogP contribution in [0.15, 0.2) is 42.5 Å². The number of hydrogen-bond donors (Lipinski definition) is 1. The van der Waals surface area contributed by atoms with E-state index in [1.54, 1.807) is 47.4 Å². The van der Waals surface area contributed by atoms with Gasteiger partial charge in [-0.1, -0.05) is 12.1 Å². The number of nitrogens with one attached hydrogen (secondary N) is 1. The second kappa shape index (κ2) is 10.5. The summed E-state index contributed by atoms with van der Waals surface area (Å²) in [6.07, 6.45) is 3.02. The van der Waals surface area contributed by atoms with Gasteiger partial charge in [0, 0.05) is 19.2 Å². The lowest BCUT2D eigenvalue weighted by Gasteiger charge is -2.27. The minimum Gasteiger partial charge on any atom is -0.493 e. The van der Waals surface area contributed by atoms with Gasteiger partial charge in [0.25, 0.3) is 5.91 Å². The zero-order valence-corrected chi connectivity index (χ0v) is 17.8. The van der Waals surface area contributed by atoms with Crippen molar-refractivity contribution in [2.24, 2.45) is 0 Å². The van der Waals surface area contributed by atoms with E-state index in [-0.39, 0.29) is 11.8 Å². The number of carbonyl (C=O) groups excluding carboxylic acids is 2. The Hall–Kier alpha value is -3.52. The van der Waals surface area contributed by atoms with Crippen LogP contribution in [0.4, 0.5) is 5.69 Å². The average Bonchev–Trinajstić information content (AvgIpc) is 2.82. The monoisotopic (exact) mass is 426 g/mol. The molecule has 1 N–H and O–H groups in total. The first-order valence-corrected chi connectivity index (χ1v) is 9.82. The Morgan fingerprint density at radius 2 is 1.65 bits per heavy atom. The molecule has 1 fully saturated rings. The Labute approximate surface area is 181 Å². The molecule has 0 radical (unpaired) electrons. The van der Waals surface area contributed by atoms with E-state index in [0.717, 1.165) is 0 Å². The number of benzene rings is 2. The molecule has 1 saturated heterocycles. The maximum Gasteiger partial charge on any atom is 0.256 e. The van der Waals surface area contributed by atoms with Gasteiger partial charge in [-0.3, -0.25) is 9.59 Å². The third kappa shape index (κ3) is 5.35. The predicted molar refractivity (Wildman–Crippen MR) is 117 cm³/mol. The Morgan fingerprint density at radius 1 is 1.00 bits per heavy atom. The molecular formula is C23H26N2O6. The average molecular weight is 426 g/mol. The van der Waals surface area contributed by atoms with Crippen LogP contribution >= 0.6 is 0 Å². The van der Waals surface area contributed by atoms with Gasteiger partial charge in [0.1, 0.15) is 0 Å². The van der Waals surface area contributed by atoms with Crippen LogP contribution in [0.3, 0.4) is 0 Å². The van der Waals surface area contributed by atoms with Gasteiger partial charge in [-0.15, -0.1) is 0 Å². The number of rotatable bonds is 7. The van der Waals surface area contributed by atoms with Gasteiger partial charge in [-0.2, -0.15) is 0 Å². The Kier molecular flexibility index (Phi) is 7.50. The molecule has 1 heterocycles. The molecule has 0 spiro atoms. The molecule has 1 aliphatic rings. The highest BCUT2D eigenvalue weighted by molar-refractivity contribution is 6.07. The summed E-state index contributed by atoms with van der Waals surface area (Å²) in [5.41, 5.74) is 1.60. The second-order valence-electron chi connectivity index (χ2n) is 6.73. The first kappa shape index (κ1) is 22.2. The molecule has 0 unspecified atom stereocenters. The summed E-state index contributed by atoms with van der Waals surface area (Å²) in [7, 11) is 4.58. The summed E-state index contributed by atoms with van der Waals surface area (Å²) in [6, 6.07) is 10.4. The van der Waals surface area contributed by atoms with Gasteiger partial charge in [0.05, 0.1) is 45.8 Å². The molecule has 0 saturated carbocycles. The molecule has 2 aromatic rings. The molecule has 0 atom stereocenters. The van der Waals surface area contributed by atoms with Crippen molar-refractivity contribution in [3.63, 3.8) is 0 Å². The second-order valence-corrected chi connectivity index (χ2v) is 6.73. The highest BCUT2D eigenvalue weighted by Crippen LogP contribution is 2.38. The molecule has 31 heavy (non-hydrogen) atoms. The van der Waals surface area contributed by atoms with Crippen molar-refractivity contribution in [2.45, 2.75) is 0 Å². The SMILES string of the molecule is COc1cc(/C=C/C(=O)Nc2ccccc2C(=O)N2CCOCC2)cc(OC)c1OC. The zero-order valence-electron chi connectivity index (χ0n) is 17.8. The van der Waals surface area contributed by atoms with Crippen LogP contribution in [0.5, 0.6) is 17.2 Å². The number of hydrogen-bond acceptors (Lipinski definition) is 6. The van der Waals surface area contributed by atoms with Crippen molar-refractivity contribution in [3.05, 3.63) is 53.6 Å². The van der Waals surface area contributed by atoms with Crippen molar-refractivity contribution in [3.8, 4) is 17.2 Å². The molecule has 0 aliphatic carbocycles. The molecule has 2 amide bonds. The minimum atomic E-state index is -0.365. The van der Waals surface area contributed by atoms with Crippen LogP contribution in [-0.2, 0) is 9.53 Å². The number of anilines is 1.